The monoisotopic (exact) mass is 245 g/mol. The normalized spacial score (nSPS) is 15.1. The summed E-state index contributed by atoms with van der Waals surface area (Å²) in [7, 11) is 0. The molecule has 0 bridgehead atoms. The van der Waals surface area contributed by atoms with Crippen LogP contribution in [0.4, 0.5) is 0 Å². The fourth-order valence-corrected chi connectivity index (χ4v) is 2.97. The van der Waals surface area contributed by atoms with Crippen LogP contribution in [0.25, 0.3) is 10.4 Å². The van der Waals surface area contributed by atoms with Gasteiger partial charge in [-0.1, -0.05) is 0 Å². The van der Waals surface area contributed by atoms with E-state index in [2.05, 4.69) is 18.4 Å². The van der Waals surface area contributed by atoms with Gasteiger partial charge in [0.2, 0.25) is 0 Å². The summed E-state index contributed by atoms with van der Waals surface area (Å²) in [4.78, 5) is 13.0. The van der Waals surface area contributed by atoms with Crippen molar-refractivity contribution in [3.05, 3.63) is 45.7 Å². The molecule has 0 amide bonds. The van der Waals surface area contributed by atoms with Crippen molar-refractivity contribution in [2.45, 2.75) is 26.3 Å². The molecule has 88 valence electrons. The SMILES string of the molecule is Cc1ccsc1-c1ccc(=O)n(CC2CC2)c1. The van der Waals surface area contributed by atoms with Crippen molar-refractivity contribution < 1.29 is 0 Å². The maximum absolute atomic E-state index is 11.8. The van der Waals surface area contributed by atoms with E-state index in [0.717, 1.165) is 18.0 Å². The molecule has 2 aromatic heterocycles. The molecule has 2 heterocycles. The number of hydrogen-bond acceptors (Lipinski definition) is 2. The van der Waals surface area contributed by atoms with Crippen LogP contribution in [-0.2, 0) is 6.54 Å². The first-order valence-electron chi connectivity index (χ1n) is 5.99. The number of nitrogens with zero attached hydrogens (tertiary/aromatic N) is 1. The molecule has 1 aliphatic rings. The van der Waals surface area contributed by atoms with Crippen LogP contribution < -0.4 is 5.56 Å². The van der Waals surface area contributed by atoms with Crippen molar-refractivity contribution >= 4 is 11.3 Å². The predicted octanol–water partition coefficient (Wildman–Crippen LogP) is 3.30. The third-order valence-electron chi connectivity index (χ3n) is 3.26. The van der Waals surface area contributed by atoms with Gasteiger partial charge in [-0.3, -0.25) is 4.79 Å². The lowest BCUT2D eigenvalue weighted by atomic mass is 10.1. The van der Waals surface area contributed by atoms with Crippen LogP contribution in [-0.4, -0.2) is 4.57 Å². The van der Waals surface area contributed by atoms with Crippen molar-refractivity contribution in [3.63, 3.8) is 0 Å². The molecule has 1 aliphatic carbocycles. The maximum atomic E-state index is 11.8. The first-order valence-corrected chi connectivity index (χ1v) is 6.87. The molecule has 2 nitrogen and oxygen atoms in total. The van der Waals surface area contributed by atoms with Gasteiger partial charge in [-0.05, 0) is 48.8 Å². The Labute approximate surface area is 105 Å². The van der Waals surface area contributed by atoms with Crippen molar-refractivity contribution in [1.82, 2.24) is 4.57 Å². The van der Waals surface area contributed by atoms with Crippen LogP contribution in [0.2, 0.25) is 0 Å². The van der Waals surface area contributed by atoms with Crippen molar-refractivity contribution in [2.24, 2.45) is 5.92 Å². The fraction of sp³-hybridized carbons (Fsp3) is 0.357. The Morgan fingerprint density at radius 3 is 2.82 bits per heavy atom. The summed E-state index contributed by atoms with van der Waals surface area (Å²) < 4.78 is 1.87. The van der Waals surface area contributed by atoms with E-state index in [-0.39, 0.29) is 5.56 Å². The summed E-state index contributed by atoms with van der Waals surface area (Å²) in [5.74, 6) is 0.729. The summed E-state index contributed by atoms with van der Waals surface area (Å²) in [6.07, 6.45) is 4.56. The smallest absolute Gasteiger partial charge is 0.250 e. The van der Waals surface area contributed by atoms with Gasteiger partial charge in [0.25, 0.3) is 5.56 Å². The highest BCUT2D eigenvalue weighted by Gasteiger charge is 2.22. The number of rotatable bonds is 3. The van der Waals surface area contributed by atoms with Gasteiger partial charge in [0.1, 0.15) is 0 Å². The highest BCUT2D eigenvalue weighted by atomic mass is 32.1. The summed E-state index contributed by atoms with van der Waals surface area (Å²) in [6, 6.07) is 5.75. The largest absolute Gasteiger partial charge is 0.315 e. The maximum Gasteiger partial charge on any atom is 0.250 e. The van der Waals surface area contributed by atoms with Crippen LogP contribution in [0.5, 0.6) is 0 Å². The van der Waals surface area contributed by atoms with E-state index in [1.807, 2.05) is 16.8 Å². The molecular weight excluding hydrogens is 230 g/mol. The van der Waals surface area contributed by atoms with Gasteiger partial charge in [0.05, 0.1) is 0 Å². The molecule has 0 radical (unpaired) electrons. The van der Waals surface area contributed by atoms with Crippen LogP contribution in [0.1, 0.15) is 18.4 Å². The molecule has 0 spiro atoms. The zero-order chi connectivity index (χ0) is 11.8. The lowest BCUT2D eigenvalue weighted by Crippen LogP contribution is -2.19. The summed E-state index contributed by atoms with van der Waals surface area (Å²) >= 11 is 1.74. The van der Waals surface area contributed by atoms with E-state index >= 15 is 0 Å². The average Bonchev–Trinajstić information content (AvgIpc) is 3.03. The zero-order valence-corrected chi connectivity index (χ0v) is 10.7. The van der Waals surface area contributed by atoms with E-state index < -0.39 is 0 Å². The Morgan fingerprint density at radius 1 is 1.35 bits per heavy atom. The summed E-state index contributed by atoms with van der Waals surface area (Å²) in [6.45, 7) is 3.00. The molecule has 3 rings (SSSR count). The lowest BCUT2D eigenvalue weighted by molar-refractivity contribution is 0.607. The fourth-order valence-electron chi connectivity index (χ4n) is 2.06. The van der Waals surface area contributed by atoms with Gasteiger partial charge in [-0.2, -0.15) is 0 Å². The van der Waals surface area contributed by atoms with Gasteiger partial charge in [-0.15, -0.1) is 11.3 Å². The van der Waals surface area contributed by atoms with Crippen LogP contribution in [0, 0.1) is 12.8 Å². The number of hydrogen-bond donors (Lipinski definition) is 0. The van der Waals surface area contributed by atoms with E-state index in [0.29, 0.717) is 0 Å². The van der Waals surface area contributed by atoms with Crippen LogP contribution in [0.3, 0.4) is 0 Å². The summed E-state index contributed by atoms with van der Waals surface area (Å²) in [5, 5.41) is 2.10. The van der Waals surface area contributed by atoms with Crippen molar-refractivity contribution in [3.8, 4) is 10.4 Å². The molecule has 17 heavy (non-hydrogen) atoms. The minimum atomic E-state index is 0.120. The van der Waals surface area contributed by atoms with Gasteiger partial charge in [0.15, 0.2) is 0 Å². The Bertz CT molecular complexity index is 592. The van der Waals surface area contributed by atoms with Gasteiger partial charge >= 0.3 is 0 Å². The lowest BCUT2D eigenvalue weighted by Gasteiger charge is -2.07. The predicted molar refractivity (Wildman–Crippen MR) is 71.5 cm³/mol. The Morgan fingerprint density at radius 2 is 2.18 bits per heavy atom. The summed E-state index contributed by atoms with van der Waals surface area (Å²) in [5.41, 5.74) is 2.57. The van der Waals surface area contributed by atoms with E-state index in [1.165, 1.54) is 23.3 Å². The van der Waals surface area contributed by atoms with Gasteiger partial charge in [-0.25, -0.2) is 0 Å². The van der Waals surface area contributed by atoms with Gasteiger partial charge < -0.3 is 4.57 Å². The third kappa shape index (κ3) is 2.20. The average molecular weight is 245 g/mol. The van der Waals surface area contributed by atoms with E-state index in [9.17, 15) is 4.79 Å². The first-order chi connectivity index (χ1) is 8.24. The van der Waals surface area contributed by atoms with Crippen molar-refractivity contribution in [1.29, 1.82) is 0 Å². The third-order valence-corrected chi connectivity index (χ3v) is 4.33. The second kappa shape index (κ2) is 4.15. The number of pyridine rings is 1. The standard InChI is InChI=1S/C14H15NOS/c1-10-6-7-17-14(10)12-4-5-13(16)15(9-12)8-11-2-3-11/h4-7,9,11H,2-3,8H2,1H3. The van der Waals surface area contributed by atoms with Gasteiger partial charge in [0, 0.05) is 29.2 Å². The molecule has 3 heteroatoms. The van der Waals surface area contributed by atoms with Crippen LogP contribution in [0.15, 0.2) is 34.6 Å². The van der Waals surface area contributed by atoms with Crippen molar-refractivity contribution in [2.75, 3.05) is 0 Å². The molecule has 1 saturated carbocycles. The second-order valence-electron chi connectivity index (χ2n) is 4.78. The highest BCUT2D eigenvalue weighted by Crippen LogP contribution is 2.31. The minimum absolute atomic E-state index is 0.120. The molecule has 2 aromatic rings. The molecular formula is C14H15NOS. The molecule has 1 fully saturated rings. The molecule has 0 aromatic carbocycles. The van der Waals surface area contributed by atoms with E-state index in [4.69, 9.17) is 0 Å². The first kappa shape index (κ1) is 10.8. The number of aryl methyl sites for hydroxylation is 1. The quantitative estimate of drug-likeness (QED) is 0.813. The topological polar surface area (TPSA) is 22.0 Å². The number of thiophene rings is 1. The molecule has 0 N–H and O–H groups in total. The Hall–Kier alpha value is -1.35. The highest BCUT2D eigenvalue weighted by molar-refractivity contribution is 7.13. The zero-order valence-electron chi connectivity index (χ0n) is 9.85. The van der Waals surface area contributed by atoms with Crippen LogP contribution >= 0.6 is 11.3 Å². The van der Waals surface area contributed by atoms with E-state index in [1.54, 1.807) is 17.4 Å². The molecule has 0 saturated heterocycles. The molecule has 0 aliphatic heterocycles. The molecule has 0 atom stereocenters. The Balaban J connectivity index is 2.00. The Kier molecular flexibility index (Phi) is 2.63. The minimum Gasteiger partial charge on any atom is -0.315 e. The second-order valence-corrected chi connectivity index (χ2v) is 5.70. The molecule has 0 unspecified atom stereocenters. The number of aromatic nitrogens is 1.